The van der Waals surface area contributed by atoms with Crippen molar-refractivity contribution in [1.82, 2.24) is 0 Å². The number of halogens is 6. The average Bonchev–Trinajstić information content (AvgIpc) is 2.45. The molecule has 0 aromatic heterocycles. The third-order valence-electron chi connectivity index (χ3n) is 3.26. The molecule has 0 aliphatic heterocycles. The van der Waals surface area contributed by atoms with E-state index >= 15 is 0 Å². The quantitative estimate of drug-likeness (QED) is 0.517. The van der Waals surface area contributed by atoms with Gasteiger partial charge < -0.3 is 0 Å². The van der Waals surface area contributed by atoms with Crippen LogP contribution in [-0.2, 0) is 12.4 Å². The van der Waals surface area contributed by atoms with Crippen molar-refractivity contribution in [3.8, 4) is 11.1 Å². The highest BCUT2D eigenvalue weighted by Gasteiger charge is 2.43. The molecule has 0 amide bonds. The summed E-state index contributed by atoms with van der Waals surface area (Å²) in [5, 5.41) is 0. The van der Waals surface area contributed by atoms with Crippen molar-refractivity contribution in [3.05, 3.63) is 59.2 Å². The Bertz CT molecular complexity index is 726. The predicted molar refractivity (Wildman–Crippen MR) is 71.9 cm³/mol. The molecule has 0 aliphatic carbocycles. The number of rotatable bonds is 2. The van der Waals surface area contributed by atoms with Gasteiger partial charge in [0.05, 0.1) is 11.1 Å². The van der Waals surface area contributed by atoms with Gasteiger partial charge in [0.25, 0.3) is 0 Å². The molecule has 1 nitrogen and oxygen atoms in total. The van der Waals surface area contributed by atoms with Crippen LogP contribution in [0, 0.1) is 0 Å². The molecule has 0 radical (unpaired) electrons. The van der Waals surface area contributed by atoms with Gasteiger partial charge in [-0.25, -0.2) is 0 Å². The lowest BCUT2D eigenvalue weighted by Crippen LogP contribution is -2.16. The number of carbonyl (C=O) groups is 1. The molecule has 7 heteroatoms. The molecule has 0 N–H and O–H groups in total. The lowest BCUT2D eigenvalue weighted by Gasteiger charge is -2.16. The normalized spacial score (nSPS) is 12.3. The lowest BCUT2D eigenvalue weighted by molar-refractivity contribution is -0.162. The maximum atomic E-state index is 12.9. The number of hydrogen-bond donors (Lipinski definition) is 0. The van der Waals surface area contributed by atoms with Crippen molar-refractivity contribution in [2.45, 2.75) is 19.3 Å². The van der Waals surface area contributed by atoms with Crippen LogP contribution < -0.4 is 0 Å². The first kappa shape index (κ1) is 17.1. The maximum absolute atomic E-state index is 12.9. The minimum Gasteiger partial charge on any atom is -0.295 e. The molecule has 0 atom stereocenters. The van der Waals surface area contributed by atoms with Crippen LogP contribution in [0.2, 0.25) is 0 Å². The Balaban J connectivity index is 2.55. The van der Waals surface area contributed by atoms with Gasteiger partial charge in [-0.05, 0) is 30.2 Å². The molecular weight excluding hydrogens is 322 g/mol. The van der Waals surface area contributed by atoms with E-state index in [1.54, 1.807) is 0 Å². The molecule has 0 heterocycles. The van der Waals surface area contributed by atoms with Crippen molar-refractivity contribution in [2.24, 2.45) is 0 Å². The lowest BCUT2D eigenvalue weighted by atomic mass is 9.97. The van der Waals surface area contributed by atoms with Crippen molar-refractivity contribution < 1.29 is 31.1 Å². The minimum atomic E-state index is -5.12. The predicted octanol–water partition coefficient (Wildman–Crippen LogP) is 5.59. The molecule has 0 saturated heterocycles. The summed E-state index contributed by atoms with van der Waals surface area (Å²) < 4.78 is 76.9. The summed E-state index contributed by atoms with van der Waals surface area (Å²) in [5.74, 6) is -0.222. The zero-order valence-electron chi connectivity index (χ0n) is 11.7. The van der Waals surface area contributed by atoms with Gasteiger partial charge in [0, 0.05) is 5.56 Å². The van der Waals surface area contributed by atoms with E-state index in [4.69, 9.17) is 0 Å². The second kappa shape index (κ2) is 5.72. The molecule has 0 fully saturated rings. The number of ketones is 1. The van der Waals surface area contributed by atoms with Gasteiger partial charge in [0.1, 0.15) is 0 Å². The van der Waals surface area contributed by atoms with E-state index in [0.29, 0.717) is 17.7 Å². The van der Waals surface area contributed by atoms with Crippen molar-refractivity contribution in [2.75, 3.05) is 0 Å². The summed E-state index contributed by atoms with van der Waals surface area (Å²) in [5.41, 5.74) is -2.83. The van der Waals surface area contributed by atoms with E-state index in [0.717, 1.165) is 6.07 Å². The zero-order chi connectivity index (χ0) is 17.4. The fraction of sp³-hybridized carbons (Fsp3) is 0.188. The van der Waals surface area contributed by atoms with Crippen LogP contribution in [0.4, 0.5) is 26.3 Å². The monoisotopic (exact) mass is 332 g/mol. The molecule has 0 aliphatic rings. The molecule has 0 spiro atoms. The molecule has 0 bridgehead atoms. The highest BCUT2D eigenvalue weighted by molar-refractivity contribution is 5.94. The van der Waals surface area contributed by atoms with E-state index in [-0.39, 0.29) is 16.9 Å². The minimum absolute atomic E-state index is 0.0135. The van der Waals surface area contributed by atoms with Gasteiger partial charge in [-0.1, -0.05) is 30.3 Å². The highest BCUT2D eigenvalue weighted by atomic mass is 19.4. The van der Waals surface area contributed by atoms with Gasteiger partial charge in [0.2, 0.25) is 0 Å². The molecule has 0 saturated carbocycles. The van der Waals surface area contributed by atoms with E-state index < -0.39 is 23.5 Å². The van der Waals surface area contributed by atoms with E-state index in [2.05, 4.69) is 0 Å². The molecule has 23 heavy (non-hydrogen) atoms. The van der Waals surface area contributed by atoms with Crippen molar-refractivity contribution >= 4 is 5.78 Å². The number of alkyl halides is 6. The summed E-state index contributed by atoms with van der Waals surface area (Å²) in [6.45, 7) is 1.33. The third-order valence-corrected chi connectivity index (χ3v) is 3.26. The Hall–Kier alpha value is -2.31. The van der Waals surface area contributed by atoms with Crippen LogP contribution in [0.3, 0.4) is 0 Å². The van der Waals surface area contributed by atoms with Crippen LogP contribution in [0.15, 0.2) is 42.5 Å². The number of carbonyl (C=O) groups excluding carboxylic acids is 1. The Morgan fingerprint density at radius 2 is 1.22 bits per heavy atom. The van der Waals surface area contributed by atoms with Crippen LogP contribution in [-0.4, -0.2) is 5.78 Å². The molecule has 122 valence electrons. The number of hydrogen-bond acceptors (Lipinski definition) is 1. The average molecular weight is 332 g/mol. The summed E-state index contributed by atoms with van der Waals surface area (Å²) in [4.78, 5) is 11.2. The molecule has 2 rings (SSSR count). The highest BCUT2D eigenvalue weighted by Crippen LogP contribution is 2.41. The van der Waals surface area contributed by atoms with Gasteiger partial charge in [-0.3, -0.25) is 4.79 Å². The van der Waals surface area contributed by atoms with E-state index in [1.165, 1.54) is 31.2 Å². The number of benzene rings is 2. The first-order chi connectivity index (χ1) is 10.5. The Labute approximate surface area is 127 Å². The van der Waals surface area contributed by atoms with Crippen molar-refractivity contribution in [1.29, 1.82) is 0 Å². The second-order valence-corrected chi connectivity index (χ2v) is 4.89. The number of Topliss-reactive ketones (excluding diaryl/α,β-unsaturated/α-hetero) is 1. The van der Waals surface area contributed by atoms with Crippen LogP contribution in [0.1, 0.15) is 28.4 Å². The van der Waals surface area contributed by atoms with Gasteiger partial charge in [-0.15, -0.1) is 0 Å². The fourth-order valence-electron chi connectivity index (χ4n) is 2.10. The fourth-order valence-corrected chi connectivity index (χ4v) is 2.10. The van der Waals surface area contributed by atoms with E-state index in [9.17, 15) is 31.1 Å². The maximum Gasteiger partial charge on any atom is 0.417 e. The third kappa shape index (κ3) is 3.72. The SMILES string of the molecule is CC(=O)c1ccc(-c2ccc(C(F)(F)F)c(C(F)(F)F)c2)cc1. The zero-order valence-corrected chi connectivity index (χ0v) is 11.7. The summed E-state index contributed by atoms with van der Waals surface area (Å²) >= 11 is 0. The van der Waals surface area contributed by atoms with Crippen LogP contribution >= 0.6 is 0 Å². The van der Waals surface area contributed by atoms with E-state index in [1.807, 2.05) is 0 Å². The van der Waals surface area contributed by atoms with Gasteiger partial charge in [-0.2, -0.15) is 26.3 Å². The molecule has 0 unspecified atom stereocenters. The molecule has 2 aromatic rings. The Morgan fingerprint density at radius 3 is 1.65 bits per heavy atom. The summed E-state index contributed by atoms with van der Waals surface area (Å²) in [6, 6.07) is 7.44. The molecular formula is C16H10F6O. The topological polar surface area (TPSA) is 17.1 Å². The first-order valence-electron chi connectivity index (χ1n) is 6.40. The summed E-state index contributed by atoms with van der Waals surface area (Å²) in [6.07, 6.45) is -10.2. The largest absolute Gasteiger partial charge is 0.417 e. The second-order valence-electron chi connectivity index (χ2n) is 4.89. The van der Waals surface area contributed by atoms with Gasteiger partial charge in [0.15, 0.2) is 5.78 Å². The Kier molecular flexibility index (Phi) is 4.24. The van der Waals surface area contributed by atoms with Crippen LogP contribution in [0.25, 0.3) is 11.1 Å². The smallest absolute Gasteiger partial charge is 0.295 e. The first-order valence-corrected chi connectivity index (χ1v) is 6.40. The van der Waals surface area contributed by atoms with Crippen molar-refractivity contribution in [3.63, 3.8) is 0 Å². The summed E-state index contributed by atoms with van der Waals surface area (Å²) in [7, 11) is 0. The van der Waals surface area contributed by atoms with Gasteiger partial charge >= 0.3 is 12.4 Å². The standard InChI is InChI=1S/C16H10F6O/c1-9(23)10-2-4-11(5-3-10)12-6-7-13(15(17,18)19)14(8-12)16(20,21)22/h2-8H,1H3. The Morgan fingerprint density at radius 1 is 0.739 bits per heavy atom. The molecule has 2 aromatic carbocycles. The van der Waals surface area contributed by atoms with Crippen LogP contribution in [0.5, 0.6) is 0 Å².